The van der Waals surface area contributed by atoms with Crippen LogP contribution in [0.15, 0.2) is 89.1 Å². The highest BCUT2D eigenvalue weighted by molar-refractivity contribution is 8.00. The summed E-state index contributed by atoms with van der Waals surface area (Å²) in [5, 5.41) is 10.9. The quantitative estimate of drug-likeness (QED) is 0.224. The van der Waals surface area contributed by atoms with E-state index in [9.17, 15) is 9.59 Å². The number of benzene rings is 3. The fourth-order valence-electron chi connectivity index (χ4n) is 3.11. The molecule has 0 fully saturated rings. The summed E-state index contributed by atoms with van der Waals surface area (Å²) in [5.74, 6) is 0.933. The van der Waals surface area contributed by atoms with Crippen molar-refractivity contribution in [3.8, 4) is 17.0 Å². The third kappa shape index (κ3) is 7.33. The van der Waals surface area contributed by atoms with E-state index in [2.05, 4.69) is 20.9 Å². The Bertz CT molecular complexity index is 1260. The Morgan fingerprint density at radius 1 is 0.886 bits per heavy atom. The number of urea groups is 1. The second-order valence-electron chi connectivity index (χ2n) is 7.30. The van der Waals surface area contributed by atoms with E-state index in [1.807, 2.05) is 79.0 Å². The van der Waals surface area contributed by atoms with Gasteiger partial charge in [0.05, 0.1) is 18.1 Å². The van der Waals surface area contributed by atoms with Gasteiger partial charge in [-0.15, -0.1) is 23.1 Å². The Balaban J connectivity index is 1.23. The van der Waals surface area contributed by atoms with E-state index in [-0.39, 0.29) is 17.7 Å². The van der Waals surface area contributed by atoms with E-state index in [1.54, 1.807) is 12.1 Å². The van der Waals surface area contributed by atoms with Crippen molar-refractivity contribution in [3.63, 3.8) is 0 Å². The van der Waals surface area contributed by atoms with Crippen LogP contribution in [0.4, 0.5) is 21.3 Å². The van der Waals surface area contributed by atoms with Crippen LogP contribution in [0.1, 0.15) is 6.92 Å². The topological polar surface area (TPSA) is 92.4 Å². The van der Waals surface area contributed by atoms with Crippen LogP contribution in [-0.2, 0) is 4.79 Å². The van der Waals surface area contributed by atoms with Crippen LogP contribution in [0.25, 0.3) is 11.3 Å². The predicted molar refractivity (Wildman–Crippen MR) is 144 cm³/mol. The first-order chi connectivity index (χ1) is 17.1. The van der Waals surface area contributed by atoms with Gasteiger partial charge >= 0.3 is 6.03 Å². The number of thioether (sulfide) groups is 1. The highest BCUT2D eigenvalue weighted by atomic mass is 32.2. The first-order valence-corrected chi connectivity index (χ1v) is 12.8. The van der Waals surface area contributed by atoms with E-state index < -0.39 is 0 Å². The fourth-order valence-corrected chi connectivity index (χ4v) is 4.54. The van der Waals surface area contributed by atoms with Gasteiger partial charge in [-0.3, -0.25) is 4.79 Å². The van der Waals surface area contributed by atoms with Gasteiger partial charge in [-0.05, 0) is 67.6 Å². The molecule has 0 unspecified atom stereocenters. The molecule has 4 rings (SSSR count). The van der Waals surface area contributed by atoms with Gasteiger partial charge in [0.25, 0.3) is 0 Å². The SMILES string of the molecule is CCOc1ccc(-c2csc(NC(=O)CSc3ccc(NC(=O)Nc4ccccc4)cc3)n2)cc1. The molecular formula is C26H24N4O3S2. The van der Waals surface area contributed by atoms with Crippen molar-refractivity contribution in [3.05, 3.63) is 84.2 Å². The minimum Gasteiger partial charge on any atom is -0.494 e. The molecule has 9 heteroatoms. The van der Waals surface area contributed by atoms with Crippen molar-refractivity contribution in [1.82, 2.24) is 4.98 Å². The standard InChI is InChI=1S/C26H24N4O3S2/c1-2-33-21-12-8-18(9-13-21)23-16-35-26(29-23)30-24(31)17-34-22-14-10-20(11-15-22)28-25(32)27-19-6-4-3-5-7-19/h3-16H,2,17H2,1H3,(H2,27,28,32)(H,29,30,31). The molecule has 0 aliphatic heterocycles. The highest BCUT2D eigenvalue weighted by Gasteiger charge is 2.10. The molecule has 0 aliphatic rings. The molecule has 0 saturated carbocycles. The average molecular weight is 505 g/mol. The Morgan fingerprint density at radius 3 is 2.26 bits per heavy atom. The lowest BCUT2D eigenvalue weighted by molar-refractivity contribution is -0.113. The van der Waals surface area contributed by atoms with Crippen molar-refractivity contribution in [2.24, 2.45) is 0 Å². The number of rotatable bonds is 9. The summed E-state index contributed by atoms with van der Waals surface area (Å²) < 4.78 is 5.46. The number of nitrogens with one attached hydrogen (secondary N) is 3. The van der Waals surface area contributed by atoms with Crippen LogP contribution < -0.4 is 20.7 Å². The molecule has 0 bridgehead atoms. The zero-order valence-electron chi connectivity index (χ0n) is 19.0. The van der Waals surface area contributed by atoms with Gasteiger partial charge in [-0.25, -0.2) is 9.78 Å². The van der Waals surface area contributed by atoms with Gasteiger partial charge in [-0.2, -0.15) is 0 Å². The van der Waals surface area contributed by atoms with Crippen LogP contribution in [0.2, 0.25) is 0 Å². The third-order valence-corrected chi connectivity index (χ3v) is 6.50. The molecule has 0 spiro atoms. The molecule has 0 aliphatic carbocycles. The molecule has 7 nitrogen and oxygen atoms in total. The lowest BCUT2D eigenvalue weighted by Gasteiger charge is -2.08. The van der Waals surface area contributed by atoms with Gasteiger partial charge < -0.3 is 20.7 Å². The number of carbonyl (C=O) groups excluding carboxylic acids is 2. The molecule has 178 valence electrons. The summed E-state index contributed by atoms with van der Waals surface area (Å²) in [6.45, 7) is 2.57. The summed E-state index contributed by atoms with van der Waals surface area (Å²) in [6, 6.07) is 24.0. The number of nitrogens with zero attached hydrogens (tertiary/aromatic N) is 1. The van der Waals surface area contributed by atoms with Crippen LogP contribution in [-0.4, -0.2) is 29.3 Å². The zero-order chi connectivity index (χ0) is 24.5. The van der Waals surface area contributed by atoms with Crippen molar-refractivity contribution in [1.29, 1.82) is 0 Å². The van der Waals surface area contributed by atoms with Crippen LogP contribution in [0.5, 0.6) is 5.75 Å². The number of hydrogen-bond donors (Lipinski definition) is 3. The van der Waals surface area contributed by atoms with Crippen LogP contribution >= 0.6 is 23.1 Å². The van der Waals surface area contributed by atoms with Gasteiger partial charge in [0, 0.05) is 27.2 Å². The molecule has 3 N–H and O–H groups in total. The Labute approximate surface area is 211 Å². The van der Waals surface area contributed by atoms with Gasteiger partial charge in [0.1, 0.15) is 5.75 Å². The van der Waals surface area contributed by atoms with E-state index in [4.69, 9.17) is 4.74 Å². The number of anilines is 3. The molecule has 1 heterocycles. The number of thiazole rings is 1. The number of ether oxygens (including phenoxy) is 1. The molecule has 0 saturated heterocycles. The molecule has 3 aromatic carbocycles. The van der Waals surface area contributed by atoms with Crippen molar-refractivity contribution in [2.75, 3.05) is 28.3 Å². The fraction of sp³-hybridized carbons (Fsp3) is 0.115. The molecule has 4 aromatic rings. The normalized spacial score (nSPS) is 10.4. The second kappa shape index (κ2) is 12.0. The van der Waals surface area contributed by atoms with Gasteiger partial charge in [0.15, 0.2) is 5.13 Å². The highest BCUT2D eigenvalue weighted by Crippen LogP contribution is 2.27. The van der Waals surface area contributed by atoms with Crippen molar-refractivity contribution in [2.45, 2.75) is 11.8 Å². The van der Waals surface area contributed by atoms with E-state index >= 15 is 0 Å². The zero-order valence-corrected chi connectivity index (χ0v) is 20.6. The summed E-state index contributed by atoms with van der Waals surface area (Å²) in [6.07, 6.45) is 0. The lowest BCUT2D eigenvalue weighted by atomic mass is 10.2. The van der Waals surface area contributed by atoms with Crippen LogP contribution in [0, 0.1) is 0 Å². The van der Waals surface area contributed by atoms with E-state index in [0.29, 0.717) is 17.4 Å². The van der Waals surface area contributed by atoms with Crippen molar-refractivity contribution >= 4 is 51.5 Å². The number of carbonyl (C=O) groups is 2. The maximum absolute atomic E-state index is 12.4. The summed E-state index contributed by atoms with van der Waals surface area (Å²) in [7, 11) is 0. The number of hydrogen-bond acceptors (Lipinski definition) is 6. The summed E-state index contributed by atoms with van der Waals surface area (Å²) in [5.41, 5.74) is 3.15. The Hall–Kier alpha value is -3.82. The van der Waals surface area contributed by atoms with E-state index in [1.165, 1.54) is 23.1 Å². The third-order valence-electron chi connectivity index (χ3n) is 4.73. The first kappa shape index (κ1) is 24.3. The van der Waals surface area contributed by atoms with Crippen molar-refractivity contribution < 1.29 is 14.3 Å². The average Bonchev–Trinajstić information content (AvgIpc) is 3.33. The molecule has 3 amide bonds. The number of amides is 3. The minimum atomic E-state index is -0.316. The molecule has 35 heavy (non-hydrogen) atoms. The maximum atomic E-state index is 12.4. The molecule has 0 radical (unpaired) electrons. The number of para-hydroxylation sites is 1. The maximum Gasteiger partial charge on any atom is 0.323 e. The molecule has 1 aromatic heterocycles. The second-order valence-corrected chi connectivity index (χ2v) is 9.21. The summed E-state index contributed by atoms with van der Waals surface area (Å²) in [4.78, 5) is 29.9. The van der Waals surface area contributed by atoms with Crippen LogP contribution in [0.3, 0.4) is 0 Å². The van der Waals surface area contributed by atoms with Gasteiger partial charge in [-0.1, -0.05) is 18.2 Å². The summed E-state index contributed by atoms with van der Waals surface area (Å²) >= 11 is 2.80. The van der Waals surface area contributed by atoms with Gasteiger partial charge in [0.2, 0.25) is 5.91 Å². The molecular weight excluding hydrogens is 480 g/mol. The minimum absolute atomic E-state index is 0.132. The largest absolute Gasteiger partial charge is 0.494 e. The predicted octanol–water partition coefficient (Wildman–Crippen LogP) is 6.58. The van der Waals surface area contributed by atoms with E-state index in [0.717, 1.165) is 27.6 Å². The Morgan fingerprint density at radius 2 is 1.57 bits per heavy atom. The Kier molecular flexibility index (Phi) is 8.37. The smallest absolute Gasteiger partial charge is 0.323 e. The first-order valence-electron chi connectivity index (χ1n) is 10.9. The number of aromatic nitrogens is 1. The lowest BCUT2D eigenvalue weighted by Crippen LogP contribution is -2.19. The molecule has 0 atom stereocenters. The monoisotopic (exact) mass is 504 g/mol.